The summed E-state index contributed by atoms with van der Waals surface area (Å²) in [5.74, 6) is 0.629. The highest BCUT2D eigenvalue weighted by molar-refractivity contribution is 5.81. The Morgan fingerprint density at radius 1 is 1.19 bits per heavy atom. The van der Waals surface area contributed by atoms with E-state index < -0.39 is 0 Å². The molecule has 2 aromatic carbocycles. The van der Waals surface area contributed by atoms with Crippen LogP contribution in [0.25, 0.3) is 0 Å². The molecule has 2 aliphatic carbocycles. The largest absolute Gasteiger partial charge is 0.281 e. The second-order valence-electron chi connectivity index (χ2n) is 5.79. The van der Waals surface area contributed by atoms with E-state index in [2.05, 4.69) is 24.3 Å². The lowest BCUT2D eigenvalue weighted by atomic mass is 10.0. The quantitative estimate of drug-likeness (QED) is 0.490. The van der Waals surface area contributed by atoms with Crippen LogP contribution in [-0.4, -0.2) is 11.1 Å². The molecule has 4 nitrogen and oxygen atoms in total. The SMILES string of the molecule is O=[N+]([O-])c1ccc(C=NC23CC2Cc2ccccc23)cc1. The normalized spacial score (nSPS) is 25.6. The average Bonchev–Trinajstić information content (AvgIpc) is 3.12. The van der Waals surface area contributed by atoms with Crippen molar-refractivity contribution in [2.75, 3.05) is 0 Å². The van der Waals surface area contributed by atoms with Crippen molar-refractivity contribution in [2.45, 2.75) is 18.4 Å². The molecule has 2 aliphatic rings. The van der Waals surface area contributed by atoms with Crippen molar-refractivity contribution < 1.29 is 4.92 Å². The van der Waals surface area contributed by atoms with Crippen molar-refractivity contribution in [3.8, 4) is 0 Å². The van der Waals surface area contributed by atoms with Crippen LogP contribution < -0.4 is 0 Å². The third-order valence-electron chi connectivity index (χ3n) is 4.57. The highest BCUT2D eigenvalue weighted by Crippen LogP contribution is 2.62. The number of hydrogen-bond acceptors (Lipinski definition) is 3. The molecule has 0 spiro atoms. The maximum atomic E-state index is 10.6. The van der Waals surface area contributed by atoms with Crippen molar-refractivity contribution in [3.63, 3.8) is 0 Å². The molecule has 0 aliphatic heterocycles. The van der Waals surface area contributed by atoms with Gasteiger partial charge >= 0.3 is 0 Å². The Morgan fingerprint density at radius 2 is 1.95 bits per heavy atom. The summed E-state index contributed by atoms with van der Waals surface area (Å²) < 4.78 is 0. The summed E-state index contributed by atoms with van der Waals surface area (Å²) in [6.45, 7) is 0. The molecule has 4 rings (SSSR count). The van der Waals surface area contributed by atoms with Crippen molar-refractivity contribution in [1.29, 1.82) is 0 Å². The Labute approximate surface area is 122 Å². The Bertz CT molecular complexity index is 752. The number of fused-ring (bicyclic) bond motifs is 3. The van der Waals surface area contributed by atoms with Crippen LogP contribution in [0.4, 0.5) is 5.69 Å². The lowest BCUT2D eigenvalue weighted by molar-refractivity contribution is -0.384. The summed E-state index contributed by atoms with van der Waals surface area (Å²) in [6, 6.07) is 15.0. The zero-order valence-corrected chi connectivity index (χ0v) is 11.4. The minimum absolute atomic E-state index is 0.0294. The average molecular weight is 278 g/mol. The lowest BCUT2D eigenvalue weighted by Crippen LogP contribution is -2.03. The van der Waals surface area contributed by atoms with Crippen LogP contribution in [0.15, 0.2) is 53.5 Å². The van der Waals surface area contributed by atoms with Crippen molar-refractivity contribution in [2.24, 2.45) is 10.9 Å². The second-order valence-corrected chi connectivity index (χ2v) is 5.79. The predicted molar refractivity (Wildman–Crippen MR) is 80.6 cm³/mol. The number of nitrogens with zero attached hydrogens (tertiary/aromatic N) is 2. The summed E-state index contributed by atoms with van der Waals surface area (Å²) in [5, 5.41) is 10.6. The van der Waals surface area contributed by atoms with Gasteiger partial charge in [-0.05, 0) is 47.6 Å². The maximum absolute atomic E-state index is 10.6. The first-order chi connectivity index (χ1) is 10.2. The van der Waals surface area contributed by atoms with Gasteiger partial charge in [0.05, 0.1) is 10.5 Å². The van der Waals surface area contributed by atoms with Crippen molar-refractivity contribution in [3.05, 3.63) is 75.3 Å². The third-order valence-corrected chi connectivity index (χ3v) is 4.57. The van der Waals surface area contributed by atoms with Crippen LogP contribution in [0, 0.1) is 16.0 Å². The molecule has 21 heavy (non-hydrogen) atoms. The molecule has 0 amide bonds. The summed E-state index contributed by atoms with van der Waals surface area (Å²) in [4.78, 5) is 15.1. The van der Waals surface area contributed by atoms with Crippen LogP contribution in [0.3, 0.4) is 0 Å². The fourth-order valence-electron chi connectivity index (χ4n) is 3.37. The van der Waals surface area contributed by atoms with E-state index in [9.17, 15) is 10.1 Å². The van der Waals surface area contributed by atoms with Crippen LogP contribution >= 0.6 is 0 Å². The van der Waals surface area contributed by atoms with E-state index in [-0.39, 0.29) is 16.1 Å². The lowest BCUT2D eigenvalue weighted by Gasteiger charge is -2.09. The summed E-state index contributed by atoms with van der Waals surface area (Å²) in [5.41, 5.74) is 3.76. The van der Waals surface area contributed by atoms with Gasteiger partial charge < -0.3 is 0 Å². The zero-order chi connectivity index (χ0) is 14.4. The molecule has 1 fully saturated rings. The van der Waals surface area contributed by atoms with E-state index in [0.717, 1.165) is 18.4 Å². The van der Waals surface area contributed by atoms with E-state index in [4.69, 9.17) is 4.99 Å². The Morgan fingerprint density at radius 3 is 2.71 bits per heavy atom. The first-order valence-electron chi connectivity index (χ1n) is 7.07. The fraction of sp³-hybridized carbons (Fsp3) is 0.235. The van der Waals surface area contributed by atoms with Crippen LogP contribution in [-0.2, 0) is 12.0 Å². The second kappa shape index (κ2) is 4.25. The number of rotatable bonds is 3. The minimum atomic E-state index is -0.385. The number of nitro groups is 1. The Kier molecular flexibility index (Phi) is 2.48. The molecule has 0 radical (unpaired) electrons. The standard InChI is InChI=1S/C17H14N2O2/c20-19(21)15-7-5-12(6-8-15)11-18-17-10-14(17)9-13-3-1-2-4-16(13)17/h1-8,11,14H,9-10H2. The molecule has 4 heteroatoms. The number of nitro benzene ring substituents is 1. The van der Waals surface area contributed by atoms with E-state index in [1.54, 1.807) is 12.1 Å². The van der Waals surface area contributed by atoms with Crippen LogP contribution in [0.2, 0.25) is 0 Å². The molecule has 0 N–H and O–H groups in total. The summed E-state index contributed by atoms with van der Waals surface area (Å²) in [7, 11) is 0. The van der Waals surface area contributed by atoms with Gasteiger partial charge in [0, 0.05) is 18.3 Å². The smallest absolute Gasteiger partial charge is 0.269 e. The molecule has 0 saturated heterocycles. The van der Waals surface area contributed by atoms with Gasteiger partial charge in [0.2, 0.25) is 0 Å². The zero-order valence-electron chi connectivity index (χ0n) is 11.4. The molecule has 2 atom stereocenters. The molecular weight excluding hydrogens is 264 g/mol. The van der Waals surface area contributed by atoms with E-state index in [1.165, 1.54) is 23.3 Å². The van der Waals surface area contributed by atoms with E-state index in [1.807, 2.05) is 6.21 Å². The van der Waals surface area contributed by atoms with Gasteiger partial charge in [-0.1, -0.05) is 24.3 Å². The fourth-order valence-corrected chi connectivity index (χ4v) is 3.37. The van der Waals surface area contributed by atoms with Gasteiger partial charge in [0.1, 0.15) is 0 Å². The van der Waals surface area contributed by atoms with Crippen LogP contribution in [0.1, 0.15) is 23.1 Å². The molecule has 2 unspecified atom stereocenters. The first kappa shape index (κ1) is 12.3. The van der Waals surface area contributed by atoms with E-state index in [0.29, 0.717) is 5.92 Å². The molecule has 1 saturated carbocycles. The monoisotopic (exact) mass is 278 g/mol. The molecular formula is C17H14N2O2. The number of hydrogen-bond donors (Lipinski definition) is 0. The Balaban J connectivity index is 1.61. The molecule has 104 valence electrons. The minimum Gasteiger partial charge on any atom is -0.281 e. The van der Waals surface area contributed by atoms with Gasteiger partial charge in [-0.25, -0.2) is 0 Å². The topological polar surface area (TPSA) is 55.5 Å². The maximum Gasteiger partial charge on any atom is 0.269 e. The number of benzene rings is 2. The Hall–Kier alpha value is -2.49. The van der Waals surface area contributed by atoms with Crippen molar-refractivity contribution >= 4 is 11.9 Å². The van der Waals surface area contributed by atoms with Crippen molar-refractivity contribution in [1.82, 2.24) is 0 Å². The predicted octanol–water partition coefficient (Wildman–Crippen LogP) is 3.49. The van der Waals surface area contributed by atoms with Gasteiger partial charge in [-0.2, -0.15) is 0 Å². The van der Waals surface area contributed by atoms with Gasteiger partial charge in [-0.3, -0.25) is 15.1 Å². The highest BCUT2D eigenvalue weighted by Gasteiger charge is 2.60. The number of non-ortho nitro benzene ring substituents is 1. The van der Waals surface area contributed by atoms with Gasteiger partial charge in [0.15, 0.2) is 0 Å². The van der Waals surface area contributed by atoms with Gasteiger partial charge in [0.25, 0.3) is 5.69 Å². The molecule has 0 aromatic heterocycles. The van der Waals surface area contributed by atoms with Gasteiger partial charge in [-0.15, -0.1) is 0 Å². The number of aliphatic imine (C=N–C) groups is 1. The molecule has 0 bridgehead atoms. The molecule has 0 heterocycles. The molecule has 2 aromatic rings. The van der Waals surface area contributed by atoms with Crippen LogP contribution in [0.5, 0.6) is 0 Å². The summed E-state index contributed by atoms with van der Waals surface area (Å²) >= 11 is 0. The highest BCUT2D eigenvalue weighted by atomic mass is 16.6. The summed E-state index contributed by atoms with van der Waals surface area (Å²) in [6.07, 6.45) is 4.09. The van der Waals surface area contributed by atoms with E-state index >= 15 is 0 Å². The first-order valence-corrected chi connectivity index (χ1v) is 7.07. The third kappa shape index (κ3) is 1.87.